The fraction of sp³-hybridized carbons (Fsp3) is 0.321. The third-order valence-corrected chi connectivity index (χ3v) is 8.34. The lowest BCUT2D eigenvalue weighted by molar-refractivity contribution is -0.116. The van der Waals surface area contributed by atoms with Gasteiger partial charge in [-0.15, -0.1) is 16.4 Å². The van der Waals surface area contributed by atoms with Gasteiger partial charge >= 0.3 is 6.01 Å². The van der Waals surface area contributed by atoms with E-state index < -0.39 is 6.17 Å². The Labute approximate surface area is 224 Å². The van der Waals surface area contributed by atoms with Gasteiger partial charge in [0, 0.05) is 23.1 Å². The van der Waals surface area contributed by atoms with E-state index in [4.69, 9.17) is 14.4 Å². The standard InChI is InChI=1S/C28H29N7O2S/c1-3-16-29-25-21(32-26(38-25)28(2)14-9-15-28)24-34-35-27(37-24)33-22-23(36)30-19-13-8-7-12-18(19)20(31-22)17-10-5-4-6-11-17/h4-8,10-13,22,29H,3,9,14-16H2,1-2H3,(H,30,36)(H,33,35)/t22-/m1/s1. The van der Waals surface area contributed by atoms with Crippen LogP contribution in [-0.2, 0) is 10.2 Å². The SMILES string of the molecule is CCCNc1sc(C2(C)CCC2)nc1-c1nnc(N[C@H]2N=C(c3ccccc3)c3ccccc3NC2=O)o1. The second-order valence-corrected chi connectivity index (χ2v) is 10.9. The minimum atomic E-state index is -0.969. The Hall–Kier alpha value is -4.05. The molecule has 1 atom stereocenters. The third kappa shape index (κ3) is 4.56. The molecule has 0 saturated heterocycles. The van der Waals surface area contributed by atoms with Gasteiger partial charge in [0.15, 0.2) is 5.69 Å². The molecular formula is C28H29N7O2S. The summed E-state index contributed by atoms with van der Waals surface area (Å²) in [4.78, 5) is 22.9. The molecule has 6 rings (SSSR count). The average Bonchev–Trinajstić information content (AvgIpc) is 3.53. The second kappa shape index (κ2) is 10.0. The Morgan fingerprint density at radius 2 is 1.89 bits per heavy atom. The summed E-state index contributed by atoms with van der Waals surface area (Å²) in [6.45, 7) is 5.20. The highest BCUT2D eigenvalue weighted by Crippen LogP contribution is 2.47. The molecule has 1 fully saturated rings. The van der Waals surface area contributed by atoms with Crippen molar-refractivity contribution >= 4 is 39.7 Å². The van der Waals surface area contributed by atoms with Crippen molar-refractivity contribution in [2.24, 2.45) is 4.99 Å². The van der Waals surface area contributed by atoms with E-state index in [0.717, 1.165) is 46.9 Å². The second-order valence-electron chi connectivity index (χ2n) is 9.88. The molecule has 0 spiro atoms. The number of hydrogen-bond donors (Lipinski definition) is 3. The van der Waals surface area contributed by atoms with Crippen molar-refractivity contribution in [1.82, 2.24) is 15.2 Å². The highest BCUT2D eigenvalue weighted by Gasteiger charge is 2.38. The van der Waals surface area contributed by atoms with Gasteiger partial charge in [-0.25, -0.2) is 9.98 Å². The maximum Gasteiger partial charge on any atom is 0.317 e. The van der Waals surface area contributed by atoms with E-state index in [1.807, 2.05) is 54.6 Å². The number of benzodiazepines with no additional fused rings is 1. The quantitative estimate of drug-likeness (QED) is 0.270. The molecule has 4 aromatic rings. The van der Waals surface area contributed by atoms with Crippen LogP contribution in [0.2, 0.25) is 0 Å². The molecule has 0 bridgehead atoms. The van der Waals surface area contributed by atoms with Gasteiger partial charge in [0.1, 0.15) is 10.0 Å². The van der Waals surface area contributed by atoms with Crippen LogP contribution in [0.25, 0.3) is 11.6 Å². The molecule has 38 heavy (non-hydrogen) atoms. The highest BCUT2D eigenvalue weighted by atomic mass is 32.1. The topological polar surface area (TPSA) is 117 Å². The van der Waals surface area contributed by atoms with Crippen LogP contribution < -0.4 is 16.0 Å². The van der Waals surface area contributed by atoms with Crippen molar-refractivity contribution in [2.75, 3.05) is 22.5 Å². The van der Waals surface area contributed by atoms with Crippen LogP contribution in [0.5, 0.6) is 0 Å². The van der Waals surface area contributed by atoms with Crippen LogP contribution in [0, 0.1) is 0 Å². The number of aromatic nitrogens is 3. The molecule has 0 unspecified atom stereocenters. The number of carbonyl (C=O) groups is 1. The Morgan fingerprint density at radius 1 is 1.11 bits per heavy atom. The minimum Gasteiger partial charge on any atom is -0.402 e. The molecular weight excluding hydrogens is 498 g/mol. The first-order valence-corrected chi connectivity index (χ1v) is 13.7. The van der Waals surface area contributed by atoms with Gasteiger partial charge in [0.2, 0.25) is 6.17 Å². The van der Waals surface area contributed by atoms with Crippen LogP contribution in [0.15, 0.2) is 64.0 Å². The molecule has 2 aliphatic rings. The smallest absolute Gasteiger partial charge is 0.317 e. The van der Waals surface area contributed by atoms with E-state index in [0.29, 0.717) is 23.0 Å². The molecule has 2 aromatic carbocycles. The average molecular weight is 528 g/mol. The summed E-state index contributed by atoms with van der Waals surface area (Å²) in [5.74, 6) is -0.0107. The van der Waals surface area contributed by atoms with E-state index >= 15 is 0 Å². The van der Waals surface area contributed by atoms with E-state index in [1.165, 1.54) is 6.42 Å². The summed E-state index contributed by atoms with van der Waals surface area (Å²) >= 11 is 1.66. The molecule has 1 aliphatic heterocycles. The molecule has 2 aromatic heterocycles. The molecule has 3 N–H and O–H groups in total. The van der Waals surface area contributed by atoms with Crippen molar-refractivity contribution in [3.05, 3.63) is 70.7 Å². The van der Waals surface area contributed by atoms with Crippen molar-refractivity contribution in [2.45, 2.75) is 51.1 Å². The predicted molar refractivity (Wildman–Crippen MR) is 150 cm³/mol. The number of carbonyl (C=O) groups excluding carboxylic acids is 1. The normalized spacial score (nSPS) is 18.0. The zero-order valence-electron chi connectivity index (χ0n) is 21.3. The molecule has 194 valence electrons. The third-order valence-electron chi connectivity index (χ3n) is 7.02. The Balaban J connectivity index is 1.31. The van der Waals surface area contributed by atoms with E-state index in [2.05, 4.69) is 40.0 Å². The van der Waals surface area contributed by atoms with Gasteiger partial charge in [-0.05, 0) is 25.3 Å². The number of benzene rings is 2. The van der Waals surface area contributed by atoms with Crippen molar-refractivity contribution < 1.29 is 9.21 Å². The largest absolute Gasteiger partial charge is 0.402 e. The van der Waals surface area contributed by atoms with Crippen LogP contribution in [-0.4, -0.2) is 39.5 Å². The number of para-hydroxylation sites is 1. The van der Waals surface area contributed by atoms with Crippen molar-refractivity contribution in [3.8, 4) is 11.6 Å². The summed E-state index contributed by atoms with van der Waals surface area (Å²) < 4.78 is 6.00. The molecule has 3 heterocycles. The molecule has 1 saturated carbocycles. The first-order chi connectivity index (χ1) is 18.5. The monoisotopic (exact) mass is 527 g/mol. The van der Waals surface area contributed by atoms with Crippen LogP contribution >= 0.6 is 11.3 Å². The Bertz CT molecular complexity index is 1490. The van der Waals surface area contributed by atoms with Gasteiger partial charge < -0.3 is 20.4 Å². The van der Waals surface area contributed by atoms with Crippen molar-refractivity contribution in [1.29, 1.82) is 0 Å². The molecule has 9 nitrogen and oxygen atoms in total. The summed E-state index contributed by atoms with van der Waals surface area (Å²) in [6, 6.07) is 17.5. The maximum absolute atomic E-state index is 13.2. The van der Waals surface area contributed by atoms with Crippen LogP contribution in [0.3, 0.4) is 0 Å². The highest BCUT2D eigenvalue weighted by molar-refractivity contribution is 7.16. The summed E-state index contributed by atoms with van der Waals surface area (Å²) in [6.07, 6.45) is 3.50. The Morgan fingerprint density at radius 3 is 2.66 bits per heavy atom. The van der Waals surface area contributed by atoms with E-state index in [1.54, 1.807) is 11.3 Å². The number of fused-ring (bicyclic) bond motifs is 1. The predicted octanol–water partition coefficient (Wildman–Crippen LogP) is 5.68. The van der Waals surface area contributed by atoms with Gasteiger partial charge in [-0.3, -0.25) is 4.79 Å². The fourth-order valence-electron chi connectivity index (χ4n) is 4.68. The van der Waals surface area contributed by atoms with E-state index in [-0.39, 0.29) is 17.3 Å². The lowest BCUT2D eigenvalue weighted by Crippen LogP contribution is -2.32. The minimum absolute atomic E-state index is 0.0999. The number of amides is 1. The maximum atomic E-state index is 13.2. The van der Waals surface area contributed by atoms with Crippen LogP contribution in [0.4, 0.5) is 16.7 Å². The van der Waals surface area contributed by atoms with Gasteiger partial charge in [-0.1, -0.05) is 73.9 Å². The number of nitrogens with zero attached hydrogens (tertiary/aromatic N) is 4. The molecule has 1 aliphatic carbocycles. The van der Waals surface area contributed by atoms with Gasteiger partial charge in [0.25, 0.3) is 11.8 Å². The van der Waals surface area contributed by atoms with Crippen LogP contribution in [0.1, 0.15) is 55.7 Å². The summed E-state index contributed by atoms with van der Waals surface area (Å²) in [7, 11) is 0. The molecule has 1 amide bonds. The number of aliphatic imine (C=N–C) groups is 1. The number of hydrogen-bond acceptors (Lipinski definition) is 9. The molecule has 0 radical (unpaired) electrons. The molecule has 10 heteroatoms. The first kappa shape index (κ1) is 24.3. The fourth-order valence-corrected chi connectivity index (χ4v) is 5.86. The Kier molecular flexibility index (Phi) is 6.40. The van der Waals surface area contributed by atoms with Gasteiger partial charge in [-0.2, -0.15) is 0 Å². The zero-order valence-corrected chi connectivity index (χ0v) is 22.1. The lowest BCUT2D eigenvalue weighted by atomic mass is 9.71. The lowest BCUT2D eigenvalue weighted by Gasteiger charge is -2.36. The van der Waals surface area contributed by atoms with Gasteiger partial charge in [0.05, 0.1) is 11.4 Å². The zero-order chi connectivity index (χ0) is 26.1. The first-order valence-electron chi connectivity index (χ1n) is 12.9. The number of thiazole rings is 1. The van der Waals surface area contributed by atoms with Crippen molar-refractivity contribution in [3.63, 3.8) is 0 Å². The summed E-state index contributed by atoms with van der Waals surface area (Å²) in [5.41, 5.74) is 3.89. The number of nitrogens with one attached hydrogen (secondary N) is 3. The summed E-state index contributed by atoms with van der Waals surface area (Å²) in [5, 5.41) is 19.9. The number of anilines is 3. The van der Waals surface area contributed by atoms with E-state index in [9.17, 15) is 4.79 Å². The number of rotatable bonds is 8.